The monoisotopic (exact) mass is 360 g/mol. The molecule has 0 spiro atoms. The quantitative estimate of drug-likeness (QED) is 0.726. The Bertz CT molecular complexity index is 497. The molecule has 1 unspecified atom stereocenters. The van der Waals surface area contributed by atoms with Gasteiger partial charge in [0.15, 0.2) is 0 Å². The van der Waals surface area contributed by atoms with Gasteiger partial charge in [0, 0.05) is 16.3 Å². The molecule has 0 aliphatic heterocycles. The molecule has 5 nitrogen and oxygen atoms in total. The van der Waals surface area contributed by atoms with Gasteiger partial charge in [-0.3, -0.25) is 0 Å². The van der Waals surface area contributed by atoms with E-state index in [0.29, 0.717) is 10.2 Å². The summed E-state index contributed by atoms with van der Waals surface area (Å²) in [5.74, 6) is -0.199. The van der Waals surface area contributed by atoms with Gasteiger partial charge in [-0.05, 0) is 46.8 Å². The molecule has 0 saturated heterocycles. The summed E-state index contributed by atoms with van der Waals surface area (Å²) in [6.45, 7) is 2.00. The van der Waals surface area contributed by atoms with Crippen LogP contribution in [0.5, 0.6) is 0 Å². The first-order valence-corrected chi connectivity index (χ1v) is 8.25. The molecule has 20 heavy (non-hydrogen) atoms. The standard InChI is InChI=1S/C13H17BrN2O3S/c1-3-9(7-20-2)15-13(19)16-11-6-8(12(17)18)4-5-10(11)14/h4-6,9H,3,7H2,1-2H3,(H,17,18)(H2,15,16,19). The van der Waals surface area contributed by atoms with E-state index in [0.717, 1.165) is 12.2 Å². The normalized spacial score (nSPS) is 11.8. The van der Waals surface area contributed by atoms with Crippen LogP contribution in [-0.2, 0) is 0 Å². The van der Waals surface area contributed by atoms with Gasteiger partial charge in [-0.2, -0.15) is 11.8 Å². The summed E-state index contributed by atoms with van der Waals surface area (Å²) >= 11 is 4.95. The number of urea groups is 1. The predicted octanol–water partition coefficient (Wildman–Crippen LogP) is 3.41. The fourth-order valence-corrected chi connectivity index (χ4v) is 2.63. The zero-order chi connectivity index (χ0) is 15.1. The van der Waals surface area contributed by atoms with Crippen LogP contribution in [-0.4, -0.2) is 35.2 Å². The second-order valence-electron chi connectivity index (χ2n) is 4.16. The highest BCUT2D eigenvalue weighted by Crippen LogP contribution is 2.23. The lowest BCUT2D eigenvalue weighted by Crippen LogP contribution is -2.39. The van der Waals surface area contributed by atoms with E-state index in [2.05, 4.69) is 26.6 Å². The first-order valence-electron chi connectivity index (χ1n) is 6.07. The summed E-state index contributed by atoms with van der Waals surface area (Å²) in [7, 11) is 0. The highest BCUT2D eigenvalue weighted by atomic mass is 79.9. The Hall–Kier alpha value is -1.21. The lowest BCUT2D eigenvalue weighted by atomic mass is 10.2. The molecule has 1 aromatic carbocycles. The van der Waals surface area contributed by atoms with Crippen molar-refractivity contribution < 1.29 is 14.7 Å². The number of aromatic carboxylic acids is 1. The molecular weight excluding hydrogens is 344 g/mol. The zero-order valence-electron chi connectivity index (χ0n) is 11.3. The molecule has 110 valence electrons. The molecule has 0 aromatic heterocycles. The fraction of sp³-hybridized carbons (Fsp3) is 0.385. The fourth-order valence-electron chi connectivity index (χ4n) is 1.56. The van der Waals surface area contributed by atoms with Crippen molar-refractivity contribution in [3.05, 3.63) is 28.2 Å². The van der Waals surface area contributed by atoms with E-state index in [-0.39, 0.29) is 17.6 Å². The topological polar surface area (TPSA) is 78.4 Å². The van der Waals surface area contributed by atoms with Crippen LogP contribution in [0.3, 0.4) is 0 Å². The molecule has 0 radical (unpaired) electrons. The molecule has 7 heteroatoms. The minimum absolute atomic E-state index is 0.0893. The summed E-state index contributed by atoms with van der Waals surface area (Å²) in [5.41, 5.74) is 0.557. The van der Waals surface area contributed by atoms with Gasteiger partial charge in [-0.1, -0.05) is 6.92 Å². The molecule has 0 aliphatic carbocycles. The Morgan fingerprint density at radius 1 is 1.45 bits per heavy atom. The number of thioether (sulfide) groups is 1. The van der Waals surface area contributed by atoms with Crippen molar-refractivity contribution in [1.82, 2.24) is 5.32 Å². The summed E-state index contributed by atoms with van der Waals surface area (Å²) in [5, 5.41) is 14.5. The van der Waals surface area contributed by atoms with Crippen molar-refractivity contribution in [3.63, 3.8) is 0 Å². The highest BCUT2D eigenvalue weighted by molar-refractivity contribution is 9.10. The van der Waals surface area contributed by atoms with Crippen molar-refractivity contribution in [2.24, 2.45) is 0 Å². The molecule has 1 rings (SSSR count). The smallest absolute Gasteiger partial charge is 0.335 e. The maximum absolute atomic E-state index is 11.9. The second kappa shape index (κ2) is 8.16. The van der Waals surface area contributed by atoms with Crippen LogP contribution in [0.15, 0.2) is 22.7 Å². The number of benzene rings is 1. The van der Waals surface area contributed by atoms with Crippen molar-refractivity contribution in [2.75, 3.05) is 17.3 Å². The Morgan fingerprint density at radius 2 is 2.15 bits per heavy atom. The summed E-state index contributed by atoms with van der Waals surface area (Å²) < 4.78 is 0.635. The number of amides is 2. The maximum Gasteiger partial charge on any atom is 0.335 e. The minimum atomic E-state index is -1.03. The van der Waals surface area contributed by atoms with Gasteiger partial charge in [0.05, 0.1) is 11.3 Å². The molecule has 1 atom stereocenters. The molecule has 0 fully saturated rings. The number of carboxylic acid groups (broad SMARTS) is 1. The third kappa shape index (κ3) is 5.05. The number of nitrogens with one attached hydrogen (secondary N) is 2. The summed E-state index contributed by atoms with van der Waals surface area (Å²) in [6.07, 6.45) is 2.82. The van der Waals surface area contributed by atoms with Crippen molar-refractivity contribution in [2.45, 2.75) is 19.4 Å². The first-order chi connectivity index (χ1) is 9.47. The van der Waals surface area contributed by atoms with Gasteiger partial charge in [0.2, 0.25) is 0 Å². The van der Waals surface area contributed by atoms with Gasteiger partial charge in [0.1, 0.15) is 0 Å². The summed E-state index contributed by atoms with van der Waals surface area (Å²) in [6, 6.07) is 4.23. The Balaban J connectivity index is 2.74. The number of anilines is 1. The largest absolute Gasteiger partial charge is 0.478 e. The number of carboxylic acids is 1. The van der Waals surface area contributed by atoms with Gasteiger partial charge in [-0.25, -0.2) is 9.59 Å². The van der Waals surface area contributed by atoms with Crippen LogP contribution in [0.4, 0.5) is 10.5 Å². The van der Waals surface area contributed by atoms with E-state index in [1.165, 1.54) is 12.1 Å². The van der Waals surface area contributed by atoms with Crippen LogP contribution in [0.1, 0.15) is 23.7 Å². The molecule has 0 aliphatic rings. The van der Waals surface area contributed by atoms with Crippen LogP contribution < -0.4 is 10.6 Å². The Morgan fingerprint density at radius 3 is 2.70 bits per heavy atom. The van der Waals surface area contributed by atoms with Gasteiger partial charge < -0.3 is 15.7 Å². The molecular formula is C13H17BrN2O3S. The Labute approximate surface area is 130 Å². The summed E-state index contributed by atoms with van der Waals surface area (Å²) in [4.78, 5) is 22.8. The second-order valence-corrected chi connectivity index (χ2v) is 5.92. The number of carbonyl (C=O) groups is 2. The van der Waals surface area contributed by atoms with E-state index in [1.807, 2.05) is 13.2 Å². The third-order valence-electron chi connectivity index (χ3n) is 2.66. The zero-order valence-corrected chi connectivity index (χ0v) is 13.7. The molecule has 3 N–H and O–H groups in total. The number of carbonyl (C=O) groups excluding carboxylic acids is 1. The van der Waals surface area contributed by atoms with Crippen molar-refractivity contribution >= 4 is 45.4 Å². The average Bonchev–Trinajstić information content (AvgIpc) is 2.40. The van der Waals surface area contributed by atoms with Gasteiger partial charge in [0.25, 0.3) is 0 Å². The molecule has 0 heterocycles. The number of hydrogen-bond acceptors (Lipinski definition) is 3. The average molecular weight is 361 g/mol. The van der Waals surface area contributed by atoms with Crippen molar-refractivity contribution in [1.29, 1.82) is 0 Å². The molecule has 0 saturated carbocycles. The van der Waals surface area contributed by atoms with Crippen LogP contribution in [0.25, 0.3) is 0 Å². The van der Waals surface area contributed by atoms with Crippen LogP contribution in [0.2, 0.25) is 0 Å². The molecule has 2 amide bonds. The predicted molar refractivity (Wildman–Crippen MR) is 85.7 cm³/mol. The van der Waals surface area contributed by atoms with Gasteiger partial charge >= 0.3 is 12.0 Å². The lowest BCUT2D eigenvalue weighted by molar-refractivity contribution is 0.0697. The highest BCUT2D eigenvalue weighted by Gasteiger charge is 2.12. The first kappa shape index (κ1) is 16.8. The Kier molecular flexibility index (Phi) is 6.87. The lowest BCUT2D eigenvalue weighted by Gasteiger charge is -2.17. The van der Waals surface area contributed by atoms with Crippen LogP contribution in [0, 0.1) is 0 Å². The number of rotatable bonds is 6. The minimum Gasteiger partial charge on any atom is -0.478 e. The third-order valence-corrected chi connectivity index (χ3v) is 4.08. The molecule has 0 bridgehead atoms. The van der Waals surface area contributed by atoms with Crippen LogP contribution >= 0.6 is 27.7 Å². The molecule has 1 aromatic rings. The van der Waals surface area contributed by atoms with E-state index in [1.54, 1.807) is 17.8 Å². The van der Waals surface area contributed by atoms with E-state index in [4.69, 9.17) is 5.11 Å². The van der Waals surface area contributed by atoms with Crippen molar-refractivity contribution in [3.8, 4) is 0 Å². The maximum atomic E-state index is 11.9. The van der Waals surface area contributed by atoms with E-state index in [9.17, 15) is 9.59 Å². The van der Waals surface area contributed by atoms with Gasteiger partial charge in [-0.15, -0.1) is 0 Å². The number of halogens is 1. The van der Waals surface area contributed by atoms with E-state index < -0.39 is 5.97 Å². The number of hydrogen-bond donors (Lipinski definition) is 3. The SMILES string of the molecule is CCC(CSC)NC(=O)Nc1cc(C(=O)O)ccc1Br. The van der Waals surface area contributed by atoms with E-state index >= 15 is 0 Å².